The minimum absolute atomic E-state index is 0.657. The first-order valence-electron chi connectivity index (χ1n) is 5.47. The number of ether oxygens (including phenoxy) is 1. The predicted molar refractivity (Wildman–Crippen MR) is 67.6 cm³/mol. The Morgan fingerprint density at radius 1 is 0.941 bits per heavy atom. The lowest BCUT2D eigenvalue weighted by Gasteiger charge is -2.01. The lowest BCUT2D eigenvalue weighted by atomic mass is 10.2. The van der Waals surface area contributed by atoms with Crippen molar-refractivity contribution in [1.29, 1.82) is 0 Å². The van der Waals surface area contributed by atoms with Gasteiger partial charge in [0, 0.05) is 0 Å². The van der Waals surface area contributed by atoms with Gasteiger partial charge in [0.1, 0.15) is 0 Å². The molecule has 3 aromatic rings. The average molecular weight is 224 g/mol. The van der Waals surface area contributed by atoms with Gasteiger partial charge in [0.05, 0.1) is 23.7 Å². The van der Waals surface area contributed by atoms with Crippen molar-refractivity contribution in [3.05, 3.63) is 54.6 Å². The number of fused-ring (bicyclic) bond motifs is 1. The SMILES string of the molecule is COc1nn(-c2ccccc2)c2ccccc12. The van der Waals surface area contributed by atoms with Crippen molar-refractivity contribution in [1.82, 2.24) is 9.78 Å². The standard InChI is InChI=1S/C14H12N2O/c1-17-14-12-9-5-6-10-13(12)16(15-14)11-7-3-2-4-8-11/h2-10H,1H3. The summed E-state index contributed by atoms with van der Waals surface area (Å²) in [7, 11) is 1.64. The van der Waals surface area contributed by atoms with E-state index in [-0.39, 0.29) is 0 Å². The summed E-state index contributed by atoms with van der Waals surface area (Å²) in [5, 5.41) is 5.50. The van der Waals surface area contributed by atoms with Gasteiger partial charge in [0.2, 0.25) is 5.88 Å². The number of rotatable bonds is 2. The highest BCUT2D eigenvalue weighted by Crippen LogP contribution is 2.26. The van der Waals surface area contributed by atoms with Crippen molar-refractivity contribution < 1.29 is 4.74 Å². The van der Waals surface area contributed by atoms with Gasteiger partial charge < -0.3 is 4.74 Å². The van der Waals surface area contributed by atoms with Gasteiger partial charge in [-0.15, -0.1) is 5.10 Å². The van der Waals surface area contributed by atoms with Crippen LogP contribution in [-0.2, 0) is 0 Å². The lowest BCUT2D eigenvalue weighted by Crippen LogP contribution is -1.95. The van der Waals surface area contributed by atoms with Crippen LogP contribution < -0.4 is 4.74 Å². The van der Waals surface area contributed by atoms with Gasteiger partial charge in [-0.25, -0.2) is 4.68 Å². The normalized spacial score (nSPS) is 10.6. The largest absolute Gasteiger partial charge is 0.479 e. The van der Waals surface area contributed by atoms with Gasteiger partial charge in [0.15, 0.2) is 0 Å². The minimum Gasteiger partial charge on any atom is -0.479 e. The van der Waals surface area contributed by atoms with Crippen LogP contribution in [-0.4, -0.2) is 16.9 Å². The van der Waals surface area contributed by atoms with E-state index in [1.165, 1.54) is 0 Å². The van der Waals surface area contributed by atoms with Crippen LogP contribution in [0.5, 0.6) is 5.88 Å². The van der Waals surface area contributed by atoms with Crippen LogP contribution in [0.3, 0.4) is 0 Å². The van der Waals surface area contributed by atoms with Crippen molar-refractivity contribution in [3.63, 3.8) is 0 Å². The molecule has 1 aromatic heterocycles. The molecule has 0 aliphatic carbocycles. The quantitative estimate of drug-likeness (QED) is 0.669. The Morgan fingerprint density at radius 2 is 1.65 bits per heavy atom. The Labute approximate surface area is 99.3 Å². The van der Waals surface area contributed by atoms with Crippen molar-refractivity contribution in [2.75, 3.05) is 7.11 Å². The number of aromatic nitrogens is 2. The molecule has 0 bridgehead atoms. The first-order valence-corrected chi connectivity index (χ1v) is 5.47. The summed E-state index contributed by atoms with van der Waals surface area (Å²) in [6.07, 6.45) is 0. The Hall–Kier alpha value is -2.29. The highest BCUT2D eigenvalue weighted by molar-refractivity contribution is 5.85. The number of hydrogen-bond donors (Lipinski definition) is 0. The summed E-state index contributed by atoms with van der Waals surface area (Å²) in [4.78, 5) is 0. The lowest BCUT2D eigenvalue weighted by molar-refractivity contribution is 0.398. The molecule has 0 atom stereocenters. The maximum Gasteiger partial charge on any atom is 0.240 e. The Kier molecular flexibility index (Phi) is 2.29. The third-order valence-electron chi connectivity index (χ3n) is 2.75. The zero-order valence-electron chi connectivity index (χ0n) is 9.50. The summed E-state index contributed by atoms with van der Waals surface area (Å²) >= 11 is 0. The Morgan fingerprint density at radius 3 is 2.41 bits per heavy atom. The van der Waals surface area contributed by atoms with E-state index in [0.717, 1.165) is 16.6 Å². The zero-order chi connectivity index (χ0) is 11.7. The molecule has 84 valence electrons. The van der Waals surface area contributed by atoms with E-state index < -0.39 is 0 Å². The number of para-hydroxylation sites is 2. The van der Waals surface area contributed by atoms with Gasteiger partial charge in [-0.2, -0.15) is 0 Å². The van der Waals surface area contributed by atoms with E-state index in [1.807, 2.05) is 59.3 Å². The highest BCUT2D eigenvalue weighted by Gasteiger charge is 2.10. The maximum atomic E-state index is 5.30. The van der Waals surface area contributed by atoms with E-state index in [9.17, 15) is 0 Å². The van der Waals surface area contributed by atoms with Crippen molar-refractivity contribution >= 4 is 10.9 Å². The summed E-state index contributed by atoms with van der Waals surface area (Å²) in [6.45, 7) is 0. The second-order valence-electron chi connectivity index (χ2n) is 3.77. The van der Waals surface area contributed by atoms with Crippen molar-refractivity contribution in [2.24, 2.45) is 0 Å². The maximum absolute atomic E-state index is 5.30. The zero-order valence-corrected chi connectivity index (χ0v) is 9.50. The van der Waals surface area contributed by atoms with Crippen LogP contribution in [0.1, 0.15) is 0 Å². The molecule has 0 radical (unpaired) electrons. The van der Waals surface area contributed by atoms with Gasteiger partial charge in [-0.3, -0.25) is 0 Å². The van der Waals surface area contributed by atoms with Gasteiger partial charge in [0.25, 0.3) is 0 Å². The molecule has 0 saturated heterocycles. The predicted octanol–water partition coefficient (Wildman–Crippen LogP) is 3.03. The van der Waals surface area contributed by atoms with Crippen LogP contribution in [0.2, 0.25) is 0 Å². The van der Waals surface area contributed by atoms with Gasteiger partial charge in [-0.1, -0.05) is 30.3 Å². The molecular formula is C14H12N2O. The minimum atomic E-state index is 0.657. The van der Waals surface area contributed by atoms with Crippen LogP contribution >= 0.6 is 0 Å². The second kappa shape index (κ2) is 3.94. The average Bonchev–Trinajstić information content (AvgIpc) is 2.78. The molecule has 0 N–H and O–H groups in total. The molecule has 3 nitrogen and oxygen atoms in total. The van der Waals surface area contributed by atoms with Crippen molar-refractivity contribution in [3.8, 4) is 11.6 Å². The molecule has 0 aliphatic rings. The fourth-order valence-corrected chi connectivity index (χ4v) is 1.95. The number of methoxy groups -OCH3 is 1. The Balaban J connectivity index is 2.31. The molecule has 3 rings (SSSR count). The molecule has 0 spiro atoms. The molecular weight excluding hydrogens is 212 g/mol. The van der Waals surface area contributed by atoms with Crippen LogP contribution in [0, 0.1) is 0 Å². The number of benzene rings is 2. The molecule has 0 aliphatic heterocycles. The van der Waals surface area contributed by atoms with Crippen LogP contribution in [0.25, 0.3) is 16.6 Å². The molecule has 0 amide bonds. The summed E-state index contributed by atoms with van der Waals surface area (Å²) in [5.41, 5.74) is 2.09. The highest BCUT2D eigenvalue weighted by atomic mass is 16.5. The monoisotopic (exact) mass is 224 g/mol. The van der Waals surface area contributed by atoms with Gasteiger partial charge >= 0.3 is 0 Å². The second-order valence-corrected chi connectivity index (χ2v) is 3.77. The van der Waals surface area contributed by atoms with E-state index in [4.69, 9.17) is 4.74 Å². The number of hydrogen-bond acceptors (Lipinski definition) is 2. The van der Waals surface area contributed by atoms with Crippen LogP contribution in [0.15, 0.2) is 54.6 Å². The van der Waals surface area contributed by atoms with E-state index in [0.29, 0.717) is 5.88 Å². The fraction of sp³-hybridized carbons (Fsp3) is 0.0714. The first kappa shape index (κ1) is 9.90. The molecule has 0 fully saturated rings. The first-order chi connectivity index (χ1) is 8.40. The third kappa shape index (κ3) is 1.56. The third-order valence-corrected chi connectivity index (χ3v) is 2.75. The molecule has 0 unspecified atom stereocenters. The number of nitrogens with zero attached hydrogens (tertiary/aromatic N) is 2. The topological polar surface area (TPSA) is 27.1 Å². The molecule has 0 saturated carbocycles. The summed E-state index contributed by atoms with van der Waals surface area (Å²) in [6, 6.07) is 18.1. The Bertz CT molecular complexity index is 644. The van der Waals surface area contributed by atoms with Crippen molar-refractivity contribution in [2.45, 2.75) is 0 Å². The molecule has 2 aromatic carbocycles. The fourth-order valence-electron chi connectivity index (χ4n) is 1.95. The molecule has 1 heterocycles. The summed E-state index contributed by atoms with van der Waals surface area (Å²) < 4.78 is 7.19. The van der Waals surface area contributed by atoms with Crippen LogP contribution in [0.4, 0.5) is 0 Å². The van der Waals surface area contributed by atoms with E-state index in [2.05, 4.69) is 5.10 Å². The van der Waals surface area contributed by atoms with E-state index in [1.54, 1.807) is 7.11 Å². The molecule has 17 heavy (non-hydrogen) atoms. The molecule has 3 heteroatoms. The van der Waals surface area contributed by atoms with Gasteiger partial charge in [-0.05, 0) is 24.3 Å². The van der Waals surface area contributed by atoms with E-state index >= 15 is 0 Å². The summed E-state index contributed by atoms with van der Waals surface area (Å²) in [5.74, 6) is 0.657. The smallest absolute Gasteiger partial charge is 0.240 e.